The molecule has 1 aromatic heterocycles. The fourth-order valence-corrected chi connectivity index (χ4v) is 2.55. The minimum atomic E-state index is 0.0789. The van der Waals surface area contributed by atoms with Gasteiger partial charge in [0.2, 0.25) is 5.95 Å². The van der Waals surface area contributed by atoms with Gasteiger partial charge in [-0.25, -0.2) is 4.98 Å². The number of anilines is 4. The van der Waals surface area contributed by atoms with Crippen molar-refractivity contribution in [1.82, 2.24) is 9.97 Å². The number of hydrogen-bond donors (Lipinski definition) is 2. The largest absolute Gasteiger partial charge is 0.489 e. The van der Waals surface area contributed by atoms with Crippen LogP contribution in [0.15, 0.2) is 54.7 Å². The first-order valence-electron chi connectivity index (χ1n) is 8.09. The number of nitrogens with zero attached hydrogens (tertiary/aromatic N) is 2. The smallest absolute Gasteiger partial charge is 0.229 e. The summed E-state index contributed by atoms with van der Waals surface area (Å²) in [4.78, 5) is 8.70. The van der Waals surface area contributed by atoms with Gasteiger partial charge in [0.15, 0.2) is 0 Å². The van der Waals surface area contributed by atoms with E-state index in [1.165, 1.54) is 0 Å². The van der Waals surface area contributed by atoms with Gasteiger partial charge in [0, 0.05) is 11.9 Å². The highest BCUT2D eigenvalue weighted by Gasteiger charge is 2.07. The number of aromatic nitrogens is 2. The van der Waals surface area contributed by atoms with Crippen molar-refractivity contribution >= 4 is 46.3 Å². The van der Waals surface area contributed by atoms with E-state index in [1.807, 2.05) is 44.2 Å². The zero-order valence-corrected chi connectivity index (χ0v) is 15.8. The number of para-hydroxylation sites is 2. The first kappa shape index (κ1) is 18.3. The summed E-state index contributed by atoms with van der Waals surface area (Å²) in [5.74, 6) is 1.85. The maximum atomic E-state index is 6.04. The molecule has 0 saturated carbocycles. The molecule has 134 valence electrons. The van der Waals surface area contributed by atoms with Gasteiger partial charge in [-0.3, -0.25) is 0 Å². The van der Waals surface area contributed by atoms with Gasteiger partial charge in [0.1, 0.15) is 11.6 Å². The van der Waals surface area contributed by atoms with Gasteiger partial charge in [-0.05, 0) is 50.2 Å². The second-order valence-corrected chi connectivity index (χ2v) is 6.62. The van der Waals surface area contributed by atoms with Crippen molar-refractivity contribution in [3.05, 3.63) is 64.8 Å². The summed E-state index contributed by atoms with van der Waals surface area (Å²) < 4.78 is 5.82. The topological polar surface area (TPSA) is 59.1 Å². The van der Waals surface area contributed by atoms with Crippen LogP contribution in [0.1, 0.15) is 13.8 Å². The number of hydrogen-bond acceptors (Lipinski definition) is 5. The van der Waals surface area contributed by atoms with Crippen molar-refractivity contribution < 1.29 is 4.74 Å². The van der Waals surface area contributed by atoms with Crippen LogP contribution in [0, 0.1) is 0 Å². The lowest BCUT2D eigenvalue weighted by Gasteiger charge is -2.15. The predicted molar refractivity (Wildman–Crippen MR) is 107 cm³/mol. The maximum Gasteiger partial charge on any atom is 0.229 e. The lowest BCUT2D eigenvalue weighted by Crippen LogP contribution is -2.07. The van der Waals surface area contributed by atoms with Crippen molar-refractivity contribution in [3.8, 4) is 5.75 Å². The molecule has 0 fully saturated rings. The van der Waals surface area contributed by atoms with Crippen molar-refractivity contribution in [2.75, 3.05) is 10.6 Å². The summed E-state index contributed by atoms with van der Waals surface area (Å²) in [6.07, 6.45) is 1.75. The van der Waals surface area contributed by atoms with Crippen molar-refractivity contribution in [2.24, 2.45) is 0 Å². The van der Waals surface area contributed by atoms with E-state index in [0.717, 1.165) is 17.1 Å². The average Bonchev–Trinajstić information content (AvgIpc) is 2.60. The molecule has 1 heterocycles. The molecule has 0 bridgehead atoms. The molecule has 2 N–H and O–H groups in total. The molecule has 3 aromatic rings. The molecular formula is C19H18Cl2N4O. The van der Waals surface area contributed by atoms with Crippen LogP contribution in [-0.4, -0.2) is 16.1 Å². The molecule has 0 amide bonds. The quantitative estimate of drug-likeness (QED) is 0.537. The second kappa shape index (κ2) is 8.25. The zero-order chi connectivity index (χ0) is 18.5. The summed E-state index contributed by atoms with van der Waals surface area (Å²) in [5, 5.41) is 7.33. The number of ether oxygens (including phenoxy) is 1. The van der Waals surface area contributed by atoms with Gasteiger partial charge in [0.25, 0.3) is 0 Å². The number of benzene rings is 2. The van der Waals surface area contributed by atoms with Crippen molar-refractivity contribution in [2.45, 2.75) is 20.0 Å². The lowest BCUT2D eigenvalue weighted by atomic mass is 10.3. The van der Waals surface area contributed by atoms with E-state index in [9.17, 15) is 0 Å². The molecule has 26 heavy (non-hydrogen) atoms. The van der Waals surface area contributed by atoms with E-state index in [2.05, 4.69) is 20.6 Å². The standard InChI is InChI=1S/C19H18Cl2N4O/c1-12(2)26-17-6-4-3-5-16(17)24-18-9-10-22-19(25-18)23-13-7-8-14(20)15(21)11-13/h3-12H,1-2H3,(H2,22,23,24,25). The Labute approximate surface area is 162 Å². The number of nitrogens with one attached hydrogen (secondary N) is 2. The van der Waals surface area contributed by atoms with Crippen LogP contribution in [0.2, 0.25) is 10.0 Å². The van der Waals surface area contributed by atoms with Crippen LogP contribution in [0.4, 0.5) is 23.1 Å². The summed E-state index contributed by atoms with van der Waals surface area (Å²) in [6.45, 7) is 3.97. The molecule has 0 saturated heterocycles. The van der Waals surface area contributed by atoms with Crippen LogP contribution in [0.25, 0.3) is 0 Å². The number of halogens is 2. The maximum absolute atomic E-state index is 6.04. The normalized spacial score (nSPS) is 10.7. The Kier molecular flexibility index (Phi) is 5.81. The molecular weight excluding hydrogens is 371 g/mol. The van der Waals surface area contributed by atoms with Gasteiger partial charge in [-0.2, -0.15) is 4.98 Å². The highest BCUT2D eigenvalue weighted by atomic mass is 35.5. The van der Waals surface area contributed by atoms with Crippen molar-refractivity contribution in [1.29, 1.82) is 0 Å². The third kappa shape index (κ3) is 4.77. The minimum Gasteiger partial charge on any atom is -0.489 e. The highest BCUT2D eigenvalue weighted by Crippen LogP contribution is 2.29. The molecule has 0 unspecified atom stereocenters. The summed E-state index contributed by atoms with van der Waals surface area (Å²) in [6, 6.07) is 14.7. The molecule has 7 heteroatoms. The Hall–Kier alpha value is -2.50. The van der Waals surface area contributed by atoms with Crippen LogP contribution >= 0.6 is 23.2 Å². The molecule has 0 spiro atoms. The van der Waals surface area contributed by atoms with E-state index in [0.29, 0.717) is 21.8 Å². The Morgan fingerprint density at radius 2 is 1.77 bits per heavy atom. The Bertz CT molecular complexity index is 902. The molecule has 5 nitrogen and oxygen atoms in total. The summed E-state index contributed by atoms with van der Waals surface area (Å²) >= 11 is 12.0. The number of rotatable bonds is 6. The fraction of sp³-hybridized carbons (Fsp3) is 0.158. The van der Waals surface area contributed by atoms with Crippen LogP contribution in [-0.2, 0) is 0 Å². The molecule has 0 aliphatic rings. The van der Waals surface area contributed by atoms with E-state index in [1.54, 1.807) is 24.4 Å². The minimum absolute atomic E-state index is 0.0789. The van der Waals surface area contributed by atoms with Crippen LogP contribution in [0.5, 0.6) is 5.75 Å². The van der Waals surface area contributed by atoms with Crippen LogP contribution in [0.3, 0.4) is 0 Å². The molecule has 0 aliphatic heterocycles. The van der Waals surface area contributed by atoms with Gasteiger partial charge < -0.3 is 15.4 Å². The van der Waals surface area contributed by atoms with Crippen molar-refractivity contribution in [3.63, 3.8) is 0 Å². The van der Waals surface area contributed by atoms with Gasteiger partial charge >= 0.3 is 0 Å². The summed E-state index contributed by atoms with van der Waals surface area (Å²) in [5.41, 5.74) is 1.58. The predicted octanol–water partition coefficient (Wildman–Crippen LogP) is 6.06. The molecule has 3 rings (SSSR count). The first-order chi connectivity index (χ1) is 12.5. The average molecular weight is 389 g/mol. The molecule has 2 aromatic carbocycles. The molecule has 0 atom stereocenters. The Morgan fingerprint density at radius 3 is 2.54 bits per heavy atom. The SMILES string of the molecule is CC(C)Oc1ccccc1Nc1ccnc(Nc2ccc(Cl)c(Cl)c2)n1. The van der Waals surface area contributed by atoms with E-state index < -0.39 is 0 Å². The molecule has 0 radical (unpaired) electrons. The monoisotopic (exact) mass is 388 g/mol. The molecule has 0 aliphatic carbocycles. The van der Waals surface area contributed by atoms with Gasteiger partial charge in [0.05, 0.1) is 21.8 Å². The van der Waals surface area contributed by atoms with E-state index in [4.69, 9.17) is 27.9 Å². The van der Waals surface area contributed by atoms with Crippen LogP contribution < -0.4 is 15.4 Å². The fourth-order valence-electron chi connectivity index (χ4n) is 2.26. The van der Waals surface area contributed by atoms with Gasteiger partial charge in [-0.15, -0.1) is 0 Å². The third-order valence-electron chi connectivity index (χ3n) is 3.34. The first-order valence-corrected chi connectivity index (χ1v) is 8.84. The zero-order valence-electron chi connectivity index (χ0n) is 14.3. The lowest BCUT2D eigenvalue weighted by molar-refractivity contribution is 0.244. The summed E-state index contributed by atoms with van der Waals surface area (Å²) in [7, 11) is 0. The highest BCUT2D eigenvalue weighted by molar-refractivity contribution is 6.42. The Balaban J connectivity index is 1.78. The van der Waals surface area contributed by atoms with E-state index in [-0.39, 0.29) is 6.10 Å². The van der Waals surface area contributed by atoms with Gasteiger partial charge in [-0.1, -0.05) is 35.3 Å². The van der Waals surface area contributed by atoms with E-state index >= 15 is 0 Å². The third-order valence-corrected chi connectivity index (χ3v) is 4.08. The Morgan fingerprint density at radius 1 is 0.962 bits per heavy atom. The second-order valence-electron chi connectivity index (χ2n) is 5.81.